The zero-order valence-electron chi connectivity index (χ0n) is 10.9. The van der Waals surface area contributed by atoms with Crippen LogP contribution in [0.15, 0.2) is 24.3 Å². The molecule has 2 aromatic rings. The highest BCUT2D eigenvalue weighted by atomic mass is 16.1. The van der Waals surface area contributed by atoms with Crippen molar-refractivity contribution in [3.05, 3.63) is 46.8 Å². The molecular formula is C15H14N2O2. The van der Waals surface area contributed by atoms with Crippen molar-refractivity contribution in [1.29, 1.82) is 0 Å². The number of aromatic nitrogens is 2. The van der Waals surface area contributed by atoms with Crippen molar-refractivity contribution >= 4 is 12.6 Å². The van der Waals surface area contributed by atoms with Crippen LogP contribution in [0.2, 0.25) is 0 Å². The second kappa shape index (κ2) is 5.52. The Kier molecular flexibility index (Phi) is 3.80. The first kappa shape index (κ1) is 13.1. The summed E-state index contributed by atoms with van der Waals surface area (Å²) < 4.78 is 0. The monoisotopic (exact) mass is 254 g/mol. The highest BCUT2D eigenvalue weighted by Crippen LogP contribution is 2.19. The molecule has 0 spiro atoms. The maximum absolute atomic E-state index is 10.9. The number of nitrogens with zero attached hydrogens (tertiary/aromatic N) is 2. The van der Waals surface area contributed by atoms with Gasteiger partial charge >= 0.3 is 0 Å². The van der Waals surface area contributed by atoms with Crippen LogP contribution in [0.4, 0.5) is 0 Å². The zero-order chi connectivity index (χ0) is 13.8. The minimum absolute atomic E-state index is 0.554. The van der Waals surface area contributed by atoms with Gasteiger partial charge < -0.3 is 0 Å². The summed E-state index contributed by atoms with van der Waals surface area (Å²) in [6.45, 7) is 3.79. The van der Waals surface area contributed by atoms with Crippen LogP contribution in [-0.2, 0) is 6.42 Å². The first-order valence-corrected chi connectivity index (χ1v) is 6.06. The highest BCUT2D eigenvalue weighted by Gasteiger charge is 2.07. The van der Waals surface area contributed by atoms with E-state index in [0.717, 1.165) is 30.4 Å². The highest BCUT2D eigenvalue weighted by molar-refractivity contribution is 5.80. The Hall–Kier alpha value is -2.36. The second-order valence-corrected chi connectivity index (χ2v) is 4.29. The van der Waals surface area contributed by atoms with E-state index in [2.05, 4.69) is 9.97 Å². The third kappa shape index (κ3) is 2.91. The summed E-state index contributed by atoms with van der Waals surface area (Å²) >= 11 is 0. The third-order valence-electron chi connectivity index (χ3n) is 2.77. The number of carbonyl (C=O) groups is 2. The molecule has 96 valence electrons. The summed E-state index contributed by atoms with van der Waals surface area (Å²) in [6, 6.07) is 6.83. The third-order valence-corrected chi connectivity index (χ3v) is 2.77. The molecule has 2 aromatic heterocycles. The molecule has 0 fully saturated rings. The summed E-state index contributed by atoms with van der Waals surface area (Å²) in [5.41, 5.74) is 3.93. The molecule has 0 saturated heterocycles. The number of rotatable bonds is 4. The normalized spacial score (nSPS) is 10.2. The lowest BCUT2D eigenvalue weighted by Gasteiger charge is -2.06. The lowest BCUT2D eigenvalue weighted by molar-refractivity contribution is 0.111. The Morgan fingerprint density at radius 3 is 2.11 bits per heavy atom. The Bertz CT molecular complexity index is 636. The van der Waals surface area contributed by atoms with E-state index in [1.807, 2.05) is 13.8 Å². The van der Waals surface area contributed by atoms with Crippen LogP contribution in [0.25, 0.3) is 11.4 Å². The fraction of sp³-hybridized carbons (Fsp3) is 0.200. The van der Waals surface area contributed by atoms with Crippen LogP contribution >= 0.6 is 0 Å². The summed E-state index contributed by atoms with van der Waals surface area (Å²) in [7, 11) is 0. The van der Waals surface area contributed by atoms with E-state index in [1.54, 1.807) is 24.3 Å². The Balaban J connectivity index is 2.60. The van der Waals surface area contributed by atoms with Crippen molar-refractivity contribution in [3.8, 4) is 11.4 Å². The minimum Gasteiger partial charge on any atom is -0.298 e. The lowest BCUT2D eigenvalue weighted by Crippen LogP contribution is -1.98. The molecule has 0 atom stereocenters. The maximum atomic E-state index is 10.9. The van der Waals surface area contributed by atoms with Gasteiger partial charge in [-0.15, -0.1) is 0 Å². The van der Waals surface area contributed by atoms with E-state index in [4.69, 9.17) is 0 Å². The molecule has 0 aliphatic heterocycles. The van der Waals surface area contributed by atoms with Crippen LogP contribution in [0, 0.1) is 6.92 Å². The molecule has 2 rings (SSSR count). The number of hydrogen-bond donors (Lipinski definition) is 0. The molecule has 4 heteroatoms. The van der Waals surface area contributed by atoms with E-state index < -0.39 is 0 Å². The number of pyridine rings is 2. The van der Waals surface area contributed by atoms with Gasteiger partial charge in [-0.2, -0.15) is 0 Å². The van der Waals surface area contributed by atoms with Gasteiger partial charge in [0, 0.05) is 22.5 Å². The van der Waals surface area contributed by atoms with Gasteiger partial charge in [0.1, 0.15) is 12.6 Å². The molecular weight excluding hydrogens is 240 g/mol. The smallest absolute Gasteiger partial charge is 0.150 e. The van der Waals surface area contributed by atoms with Crippen LogP contribution in [-0.4, -0.2) is 22.5 Å². The Morgan fingerprint density at radius 1 is 0.947 bits per heavy atom. The summed E-state index contributed by atoms with van der Waals surface area (Å²) in [6.07, 6.45) is 2.31. The van der Waals surface area contributed by atoms with Gasteiger partial charge in [0.25, 0.3) is 0 Å². The van der Waals surface area contributed by atoms with E-state index in [1.165, 1.54) is 0 Å². The van der Waals surface area contributed by atoms with Gasteiger partial charge in [-0.3, -0.25) is 19.6 Å². The van der Waals surface area contributed by atoms with Crippen LogP contribution < -0.4 is 0 Å². The molecule has 0 unspecified atom stereocenters. The molecule has 19 heavy (non-hydrogen) atoms. The molecule has 4 nitrogen and oxygen atoms in total. The zero-order valence-corrected chi connectivity index (χ0v) is 10.9. The van der Waals surface area contributed by atoms with E-state index >= 15 is 0 Å². The van der Waals surface area contributed by atoms with Crippen LogP contribution in [0.1, 0.15) is 39.0 Å². The van der Waals surface area contributed by atoms with Gasteiger partial charge in [0.15, 0.2) is 0 Å². The molecule has 2 heterocycles. The topological polar surface area (TPSA) is 59.9 Å². The predicted octanol–water partition coefficient (Wildman–Crippen LogP) is 2.64. The largest absolute Gasteiger partial charge is 0.298 e. The number of carbonyl (C=O) groups excluding carboxylic acids is 2. The SMILES string of the molecule is CCc1cc(C=O)cc(-c2cc(C=O)cc(C)n2)n1. The van der Waals surface area contributed by atoms with E-state index in [9.17, 15) is 9.59 Å². The molecule has 0 aromatic carbocycles. The van der Waals surface area contributed by atoms with Crippen molar-refractivity contribution in [2.75, 3.05) is 0 Å². The van der Waals surface area contributed by atoms with Gasteiger partial charge in [-0.05, 0) is 37.6 Å². The van der Waals surface area contributed by atoms with Gasteiger partial charge in [-0.25, -0.2) is 0 Å². The van der Waals surface area contributed by atoms with Crippen LogP contribution in [0.5, 0.6) is 0 Å². The van der Waals surface area contributed by atoms with Crippen molar-refractivity contribution in [2.24, 2.45) is 0 Å². The molecule has 0 aliphatic rings. The standard InChI is InChI=1S/C15H14N2O2/c1-3-13-5-12(9-19)7-15(17-13)14-6-11(8-18)4-10(2)16-14/h4-9H,3H2,1-2H3. The molecule has 0 amide bonds. The Morgan fingerprint density at radius 2 is 1.53 bits per heavy atom. The summed E-state index contributed by atoms with van der Waals surface area (Å²) in [5, 5.41) is 0. The molecule has 0 saturated carbocycles. The fourth-order valence-corrected chi connectivity index (χ4v) is 1.89. The first-order valence-electron chi connectivity index (χ1n) is 6.06. The molecule has 0 aliphatic carbocycles. The number of aryl methyl sites for hydroxylation is 2. The number of hydrogen-bond acceptors (Lipinski definition) is 4. The van der Waals surface area contributed by atoms with E-state index in [-0.39, 0.29) is 0 Å². The molecule has 0 bridgehead atoms. The van der Waals surface area contributed by atoms with Crippen molar-refractivity contribution < 1.29 is 9.59 Å². The summed E-state index contributed by atoms with van der Waals surface area (Å²) in [4.78, 5) is 30.6. The number of aldehydes is 2. The second-order valence-electron chi connectivity index (χ2n) is 4.29. The van der Waals surface area contributed by atoms with Crippen molar-refractivity contribution in [1.82, 2.24) is 9.97 Å². The predicted molar refractivity (Wildman–Crippen MR) is 72.4 cm³/mol. The summed E-state index contributed by atoms with van der Waals surface area (Å²) in [5.74, 6) is 0. The minimum atomic E-state index is 0.554. The lowest BCUT2D eigenvalue weighted by atomic mass is 10.1. The maximum Gasteiger partial charge on any atom is 0.150 e. The van der Waals surface area contributed by atoms with E-state index in [0.29, 0.717) is 22.5 Å². The van der Waals surface area contributed by atoms with Gasteiger partial charge in [0.05, 0.1) is 11.4 Å². The quantitative estimate of drug-likeness (QED) is 0.787. The van der Waals surface area contributed by atoms with Crippen LogP contribution in [0.3, 0.4) is 0 Å². The van der Waals surface area contributed by atoms with Crippen molar-refractivity contribution in [3.63, 3.8) is 0 Å². The first-order chi connectivity index (χ1) is 9.16. The van der Waals surface area contributed by atoms with Gasteiger partial charge in [-0.1, -0.05) is 6.92 Å². The molecule has 0 N–H and O–H groups in total. The van der Waals surface area contributed by atoms with Gasteiger partial charge in [0.2, 0.25) is 0 Å². The fourth-order valence-electron chi connectivity index (χ4n) is 1.89. The average molecular weight is 254 g/mol. The van der Waals surface area contributed by atoms with Crippen molar-refractivity contribution in [2.45, 2.75) is 20.3 Å². The Labute approximate surface area is 111 Å². The average Bonchev–Trinajstić information content (AvgIpc) is 2.45. The molecule has 0 radical (unpaired) electrons.